The van der Waals surface area contributed by atoms with Crippen LogP contribution in [-0.2, 0) is 31.4 Å². The number of anilines is 2. The van der Waals surface area contributed by atoms with Crippen LogP contribution in [-0.4, -0.2) is 50.9 Å². The highest BCUT2D eigenvalue weighted by molar-refractivity contribution is 7.92. The van der Waals surface area contributed by atoms with E-state index < -0.39 is 37.7 Å². The molecule has 2 unspecified atom stereocenters. The highest BCUT2D eigenvalue weighted by atomic mass is 35.5. The summed E-state index contributed by atoms with van der Waals surface area (Å²) in [5.41, 5.74) is 0.393. The smallest absolute Gasteiger partial charge is 0.286 e. The summed E-state index contributed by atoms with van der Waals surface area (Å²) in [4.78, 5) is 15.3. The van der Waals surface area contributed by atoms with Crippen molar-refractivity contribution in [1.82, 2.24) is 4.90 Å². The first kappa shape index (κ1) is 26.1. The summed E-state index contributed by atoms with van der Waals surface area (Å²) in [6.45, 7) is 0.0518. The van der Waals surface area contributed by atoms with Crippen LogP contribution in [0.15, 0.2) is 57.0 Å². The maximum Gasteiger partial charge on any atom is 0.286 e. The van der Waals surface area contributed by atoms with E-state index in [2.05, 4.69) is 14.4 Å². The van der Waals surface area contributed by atoms with Crippen LogP contribution < -0.4 is 10.0 Å². The van der Waals surface area contributed by atoms with E-state index in [-0.39, 0.29) is 62.9 Å². The number of aliphatic hydroxyl groups excluding tert-OH is 1. The zero-order chi connectivity index (χ0) is 27.9. The topological polar surface area (TPSA) is 145 Å². The van der Waals surface area contributed by atoms with Crippen molar-refractivity contribution in [2.24, 2.45) is 22.2 Å². The Balaban J connectivity index is 1.42. The van der Waals surface area contributed by atoms with Gasteiger partial charge in [-0.25, -0.2) is 12.8 Å². The molecule has 1 amide bonds. The molecule has 2 aromatic rings. The van der Waals surface area contributed by atoms with E-state index >= 15 is 0 Å². The number of amidine groups is 1. The first-order chi connectivity index (χ1) is 18.3. The van der Waals surface area contributed by atoms with Crippen LogP contribution >= 0.6 is 11.6 Å². The van der Waals surface area contributed by atoms with E-state index in [0.717, 1.165) is 31.6 Å². The Morgan fingerprint density at radius 3 is 2.67 bits per heavy atom. The zero-order valence-electron chi connectivity index (χ0n) is 20.6. The first-order valence-corrected chi connectivity index (χ1v) is 16.0. The number of nitrogens with zero attached hydrogens (tertiary/aromatic N) is 2. The Labute approximate surface area is 229 Å². The van der Waals surface area contributed by atoms with E-state index in [1.807, 2.05) is 0 Å². The number of carbonyl (C=O) groups excluding carboxylic acids is 1. The number of hydrogen-bond donors (Lipinski definition) is 3. The molecule has 4 atom stereocenters. The fourth-order valence-electron chi connectivity index (χ4n) is 6.43. The first-order valence-electron chi connectivity index (χ1n) is 12.2. The number of benzene rings is 2. The van der Waals surface area contributed by atoms with E-state index in [1.165, 1.54) is 30.3 Å². The van der Waals surface area contributed by atoms with Gasteiger partial charge < -0.3 is 15.3 Å². The van der Waals surface area contributed by atoms with Crippen LogP contribution in [0.25, 0.3) is 0 Å². The van der Waals surface area contributed by atoms with Gasteiger partial charge in [0, 0.05) is 29.2 Å². The molecule has 2 saturated carbocycles. The molecule has 2 bridgehead atoms. The van der Waals surface area contributed by atoms with Gasteiger partial charge in [0.1, 0.15) is 22.0 Å². The van der Waals surface area contributed by atoms with Crippen LogP contribution in [0.5, 0.6) is 0 Å². The molecule has 2 heterocycles. The van der Waals surface area contributed by atoms with Crippen LogP contribution in [0.2, 0.25) is 5.02 Å². The molecule has 0 aromatic heterocycles. The van der Waals surface area contributed by atoms with Crippen molar-refractivity contribution in [3.05, 3.63) is 64.1 Å². The summed E-state index contributed by atoms with van der Waals surface area (Å²) in [7, 11) is -8.03. The van der Waals surface area contributed by atoms with Crippen molar-refractivity contribution in [2.45, 2.75) is 36.7 Å². The summed E-state index contributed by atoms with van der Waals surface area (Å²) < 4.78 is 69.3. The molecular formula is C25H24ClFN4O6S2. The summed E-state index contributed by atoms with van der Waals surface area (Å²) in [5.74, 6) is -1.74. The van der Waals surface area contributed by atoms with Crippen molar-refractivity contribution in [3.63, 3.8) is 0 Å². The van der Waals surface area contributed by atoms with Gasteiger partial charge in [-0.05, 0) is 67.0 Å². The predicted octanol–water partition coefficient (Wildman–Crippen LogP) is 3.63. The normalized spacial score (nSPS) is 27.1. The average molecular weight is 595 g/mol. The second-order valence-corrected chi connectivity index (χ2v) is 14.1. The van der Waals surface area contributed by atoms with Gasteiger partial charge >= 0.3 is 0 Å². The molecule has 14 heteroatoms. The number of fused-ring (bicyclic) bond motifs is 6. The molecule has 0 spiro atoms. The van der Waals surface area contributed by atoms with Gasteiger partial charge in [0.15, 0.2) is 5.84 Å². The number of rotatable bonds is 5. The van der Waals surface area contributed by atoms with Crippen molar-refractivity contribution >= 4 is 54.8 Å². The molecule has 2 aromatic carbocycles. The highest BCUT2D eigenvalue weighted by Crippen LogP contribution is 2.55. The summed E-state index contributed by atoms with van der Waals surface area (Å²) >= 11 is 6.28. The number of hydrogen-bond acceptors (Lipinski definition) is 7. The minimum Gasteiger partial charge on any atom is -0.511 e. The van der Waals surface area contributed by atoms with E-state index in [1.54, 1.807) is 4.90 Å². The predicted molar refractivity (Wildman–Crippen MR) is 143 cm³/mol. The summed E-state index contributed by atoms with van der Waals surface area (Å²) in [6.07, 6.45) is 3.54. The fraction of sp³-hybridized carbons (Fsp3) is 0.360. The van der Waals surface area contributed by atoms with Crippen LogP contribution in [0.1, 0.15) is 24.8 Å². The molecule has 206 valence electrons. The Kier molecular flexibility index (Phi) is 5.97. The molecular weight excluding hydrogens is 571 g/mol. The molecule has 0 saturated heterocycles. The molecule has 3 N–H and O–H groups in total. The SMILES string of the molecule is CS(=O)(=O)Nc1ccc2c(c1)S(=O)(=O)N=C(C1=C(O)C3C([C@H]4CC[C@@H]3C4)N(Cc3ccc(F)cc3Cl)C1=O)N2. The molecule has 2 aliphatic heterocycles. The van der Waals surface area contributed by atoms with Crippen LogP contribution in [0.3, 0.4) is 0 Å². The minimum absolute atomic E-state index is 0.0308. The lowest BCUT2D eigenvalue weighted by Gasteiger charge is -2.44. The van der Waals surface area contributed by atoms with Gasteiger partial charge in [0.25, 0.3) is 15.9 Å². The molecule has 10 nitrogen and oxygen atoms in total. The Morgan fingerprint density at radius 2 is 1.95 bits per heavy atom. The third-order valence-corrected chi connectivity index (χ3v) is 10.2. The standard InChI is InChI=1S/C25H24ClFN4O6S2/c1-38(34,35)29-16-6-7-18-19(10-16)39(36,37)30-24(28-18)21-23(32)20-12-2-3-13(8-12)22(20)31(25(21)33)11-14-4-5-15(27)9-17(14)26/h4-7,9-10,12-13,20,22,29,32H,2-3,8,11H2,1H3,(H,28,30)/t12-,13+,20?,22?/m1/s1. The van der Waals surface area contributed by atoms with Crippen molar-refractivity contribution < 1.29 is 31.1 Å². The molecule has 2 aliphatic carbocycles. The minimum atomic E-state index is -4.37. The van der Waals surface area contributed by atoms with Gasteiger partial charge in [0.2, 0.25) is 10.0 Å². The second kappa shape index (κ2) is 8.93. The largest absolute Gasteiger partial charge is 0.511 e. The van der Waals surface area contributed by atoms with Gasteiger partial charge in [-0.2, -0.15) is 8.42 Å². The van der Waals surface area contributed by atoms with Crippen molar-refractivity contribution in [1.29, 1.82) is 0 Å². The lowest BCUT2D eigenvalue weighted by atomic mass is 9.77. The number of halogens is 2. The van der Waals surface area contributed by atoms with Crippen molar-refractivity contribution in [2.75, 3.05) is 16.3 Å². The Morgan fingerprint density at radius 1 is 1.21 bits per heavy atom. The maximum absolute atomic E-state index is 14.0. The quantitative estimate of drug-likeness (QED) is 0.479. The lowest BCUT2D eigenvalue weighted by Crippen LogP contribution is -2.53. The molecule has 0 radical (unpaired) electrons. The molecule has 2 fully saturated rings. The summed E-state index contributed by atoms with van der Waals surface area (Å²) in [6, 6.07) is 7.48. The van der Waals surface area contributed by atoms with Gasteiger partial charge in [-0.3, -0.25) is 9.52 Å². The van der Waals surface area contributed by atoms with Crippen LogP contribution in [0.4, 0.5) is 15.8 Å². The molecule has 39 heavy (non-hydrogen) atoms. The highest BCUT2D eigenvalue weighted by Gasteiger charge is 2.57. The number of carbonyl (C=O) groups is 1. The average Bonchev–Trinajstić information content (AvgIpc) is 3.45. The number of aliphatic hydroxyl groups is 1. The monoisotopic (exact) mass is 594 g/mol. The van der Waals surface area contributed by atoms with Gasteiger partial charge in [-0.15, -0.1) is 4.40 Å². The number of sulfonamides is 2. The van der Waals surface area contributed by atoms with E-state index in [4.69, 9.17) is 11.6 Å². The zero-order valence-corrected chi connectivity index (χ0v) is 22.9. The third-order valence-electron chi connectivity index (χ3n) is 7.90. The van der Waals surface area contributed by atoms with Crippen LogP contribution in [0, 0.1) is 23.6 Å². The van der Waals surface area contributed by atoms with E-state index in [9.17, 15) is 31.1 Å². The Bertz CT molecular complexity index is 1710. The van der Waals surface area contributed by atoms with E-state index in [0.29, 0.717) is 5.56 Å². The number of nitrogens with one attached hydrogen (secondary N) is 2. The second-order valence-electron chi connectivity index (χ2n) is 10.4. The van der Waals surface area contributed by atoms with Crippen molar-refractivity contribution in [3.8, 4) is 0 Å². The lowest BCUT2D eigenvalue weighted by molar-refractivity contribution is -0.134. The molecule has 4 aliphatic rings. The third kappa shape index (κ3) is 4.45. The summed E-state index contributed by atoms with van der Waals surface area (Å²) in [5, 5.41) is 14.4. The van der Waals surface area contributed by atoms with Gasteiger partial charge in [-0.1, -0.05) is 17.7 Å². The fourth-order valence-corrected chi connectivity index (χ4v) is 8.36. The molecule has 6 rings (SSSR count). The number of amides is 1. The Hall–Kier alpha value is -3.16. The van der Waals surface area contributed by atoms with Gasteiger partial charge in [0.05, 0.1) is 11.9 Å². The maximum atomic E-state index is 14.0.